The average molecular weight is 526 g/mol. The van der Waals surface area contributed by atoms with Crippen LogP contribution in [0.1, 0.15) is 41.1 Å². The van der Waals surface area contributed by atoms with Crippen molar-refractivity contribution in [3.8, 4) is 0 Å². The summed E-state index contributed by atoms with van der Waals surface area (Å²) in [5.41, 5.74) is 1.37. The summed E-state index contributed by atoms with van der Waals surface area (Å²) >= 11 is 12.1. The molecule has 0 saturated carbocycles. The van der Waals surface area contributed by atoms with E-state index in [0.717, 1.165) is 25.9 Å². The van der Waals surface area contributed by atoms with Crippen molar-refractivity contribution < 1.29 is 18.7 Å². The average Bonchev–Trinajstić information content (AvgIpc) is 2.88. The molecule has 35 heavy (non-hydrogen) atoms. The highest BCUT2D eigenvalue weighted by atomic mass is 35.5. The van der Waals surface area contributed by atoms with Gasteiger partial charge in [0.2, 0.25) is 0 Å². The number of anilines is 2. The molecule has 2 saturated heterocycles. The molecule has 2 aliphatic rings. The summed E-state index contributed by atoms with van der Waals surface area (Å²) in [5.74, 6) is 0.0790. The predicted octanol–water partition coefficient (Wildman–Crippen LogP) is 4.30. The summed E-state index contributed by atoms with van der Waals surface area (Å²) in [4.78, 5) is 23.6. The normalized spacial score (nSPS) is 21.2. The minimum Gasteiger partial charge on any atom is -0.379 e. The Labute approximate surface area is 214 Å². The Morgan fingerprint density at radius 1 is 1.23 bits per heavy atom. The molecule has 2 aromatic rings. The largest absolute Gasteiger partial charge is 0.379 e. The van der Waals surface area contributed by atoms with Gasteiger partial charge >= 0.3 is 0 Å². The van der Waals surface area contributed by atoms with Crippen LogP contribution in [0.3, 0.4) is 0 Å². The molecule has 3 heterocycles. The lowest BCUT2D eigenvalue weighted by atomic mass is 9.99. The van der Waals surface area contributed by atoms with Crippen molar-refractivity contribution in [2.75, 3.05) is 38.7 Å². The van der Waals surface area contributed by atoms with Gasteiger partial charge in [-0.1, -0.05) is 23.2 Å². The number of hydrogen-bond acceptors (Lipinski definition) is 7. The number of rotatable bonds is 7. The lowest BCUT2D eigenvalue weighted by Gasteiger charge is -2.38. The van der Waals surface area contributed by atoms with Crippen molar-refractivity contribution in [3.63, 3.8) is 0 Å². The first-order valence-corrected chi connectivity index (χ1v) is 12.5. The molecule has 2 atom stereocenters. The molecule has 0 aliphatic carbocycles. The first-order valence-electron chi connectivity index (χ1n) is 11.7. The zero-order valence-electron chi connectivity index (χ0n) is 19.8. The first kappa shape index (κ1) is 26.0. The lowest BCUT2D eigenvalue weighted by molar-refractivity contribution is -0.0533. The van der Waals surface area contributed by atoms with Crippen molar-refractivity contribution in [3.05, 3.63) is 45.3 Å². The number of likely N-dealkylation sites (tertiary alicyclic amines) is 1. The highest BCUT2D eigenvalue weighted by molar-refractivity contribution is 6.42. The number of ether oxygens (including phenoxy) is 2. The SMILES string of the molecule is CO[C@H]1COCC[C@H]1NC1CCN(C(=O)c2nc(CF)nc(Nc3ccc(Cl)c(Cl)c3)c2C)CC1. The van der Waals surface area contributed by atoms with E-state index in [4.69, 9.17) is 32.7 Å². The Kier molecular flexibility index (Phi) is 8.77. The Bertz CT molecular complexity index is 1050. The molecule has 0 radical (unpaired) electrons. The summed E-state index contributed by atoms with van der Waals surface area (Å²) in [6, 6.07) is 5.56. The third-order valence-corrected chi connectivity index (χ3v) is 7.27. The summed E-state index contributed by atoms with van der Waals surface area (Å²) in [6.07, 6.45) is 2.56. The van der Waals surface area contributed by atoms with Crippen LogP contribution < -0.4 is 10.6 Å². The second-order valence-corrected chi connectivity index (χ2v) is 9.64. The molecular weight excluding hydrogens is 496 g/mol. The maximum absolute atomic E-state index is 13.6. The molecule has 1 amide bonds. The van der Waals surface area contributed by atoms with Crippen molar-refractivity contribution >= 4 is 40.6 Å². The minimum atomic E-state index is -0.881. The van der Waals surface area contributed by atoms with Gasteiger partial charge in [0, 0.05) is 50.1 Å². The van der Waals surface area contributed by atoms with E-state index in [1.807, 2.05) is 0 Å². The second-order valence-electron chi connectivity index (χ2n) is 8.83. The van der Waals surface area contributed by atoms with E-state index in [-0.39, 0.29) is 29.6 Å². The summed E-state index contributed by atoms with van der Waals surface area (Å²) in [6.45, 7) is 3.35. The zero-order valence-corrected chi connectivity index (χ0v) is 21.3. The van der Waals surface area contributed by atoms with Gasteiger partial charge in [0.1, 0.15) is 18.2 Å². The fraction of sp³-hybridized carbons (Fsp3) is 0.542. The molecule has 0 bridgehead atoms. The van der Waals surface area contributed by atoms with Gasteiger partial charge in [0.05, 0.1) is 22.8 Å². The summed E-state index contributed by atoms with van der Waals surface area (Å²) in [5, 5.41) is 7.59. The highest BCUT2D eigenvalue weighted by Crippen LogP contribution is 2.28. The van der Waals surface area contributed by atoms with Crippen molar-refractivity contribution in [2.45, 2.75) is 51.0 Å². The van der Waals surface area contributed by atoms with Gasteiger partial charge in [-0.3, -0.25) is 4.79 Å². The predicted molar refractivity (Wildman–Crippen MR) is 133 cm³/mol. The van der Waals surface area contributed by atoms with Crippen molar-refractivity contribution in [2.24, 2.45) is 0 Å². The Balaban J connectivity index is 1.44. The molecular formula is C24H30Cl2FN5O3. The third kappa shape index (κ3) is 6.21. The molecule has 11 heteroatoms. The molecule has 1 aromatic carbocycles. The number of halogens is 3. The number of carbonyl (C=O) groups is 1. The number of alkyl halides is 1. The third-order valence-electron chi connectivity index (χ3n) is 6.54. The van der Waals surface area contributed by atoms with E-state index in [1.165, 1.54) is 0 Å². The van der Waals surface area contributed by atoms with Crippen LogP contribution in [0.25, 0.3) is 0 Å². The quantitative estimate of drug-likeness (QED) is 0.556. The van der Waals surface area contributed by atoms with Gasteiger partial charge in [-0.2, -0.15) is 0 Å². The number of aromatic nitrogens is 2. The van der Waals surface area contributed by atoms with E-state index in [9.17, 15) is 9.18 Å². The van der Waals surface area contributed by atoms with Gasteiger partial charge < -0.3 is 25.0 Å². The van der Waals surface area contributed by atoms with Gasteiger partial charge in [0.15, 0.2) is 5.82 Å². The number of nitrogens with zero attached hydrogens (tertiary/aromatic N) is 3. The van der Waals surface area contributed by atoms with Crippen LogP contribution in [-0.2, 0) is 16.1 Å². The molecule has 0 spiro atoms. The van der Waals surface area contributed by atoms with Gasteiger partial charge in [-0.25, -0.2) is 14.4 Å². The Morgan fingerprint density at radius 3 is 2.69 bits per heavy atom. The first-order chi connectivity index (χ1) is 16.9. The number of nitrogens with one attached hydrogen (secondary N) is 2. The minimum absolute atomic E-state index is 0.0349. The maximum atomic E-state index is 13.6. The fourth-order valence-corrected chi connectivity index (χ4v) is 4.80. The molecule has 2 aliphatic heterocycles. The number of carbonyl (C=O) groups excluding carboxylic acids is 1. The van der Waals surface area contributed by atoms with Crippen molar-refractivity contribution in [1.29, 1.82) is 0 Å². The van der Waals surface area contributed by atoms with Crippen LogP contribution in [0.15, 0.2) is 18.2 Å². The molecule has 0 unspecified atom stereocenters. The molecule has 2 fully saturated rings. The van der Waals surface area contributed by atoms with E-state index in [2.05, 4.69) is 20.6 Å². The summed E-state index contributed by atoms with van der Waals surface area (Å²) < 4.78 is 24.6. The van der Waals surface area contributed by atoms with E-state index < -0.39 is 6.67 Å². The van der Waals surface area contributed by atoms with E-state index in [0.29, 0.717) is 52.9 Å². The number of amides is 1. The number of piperidine rings is 1. The van der Waals surface area contributed by atoms with Crippen LogP contribution in [0.4, 0.5) is 15.9 Å². The number of benzene rings is 1. The molecule has 4 rings (SSSR count). The number of methoxy groups -OCH3 is 1. The van der Waals surface area contributed by atoms with E-state index in [1.54, 1.807) is 37.1 Å². The van der Waals surface area contributed by atoms with Crippen LogP contribution in [0, 0.1) is 6.92 Å². The second kappa shape index (κ2) is 11.8. The zero-order chi connectivity index (χ0) is 24.9. The molecule has 190 valence electrons. The smallest absolute Gasteiger partial charge is 0.272 e. The Hall–Kier alpha value is -2.04. The lowest BCUT2D eigenvalue weighted by Crippen LogP contribution is -2.54. The highest BCUT2D eigenvalue weighted by Gasteiger charge is 2.31. The maximum Gasteiger partial charge on any atom is 0.272 e. The summed E-state index contributed by atoms with van der Waals surface area (Å²) in [7, 11) is 1.70. The molecule has 8 nitrogen and oxygen atoms in total. The van der Waals surface area contributed by atoms with E-state index >= 15 is 0 Å². The van der Waals surface area contributed by atoms with Crippen LogP contribution in [0.5, 0.6) is 0 Å². The van der Waals surface area contributed by atoms with Crippen LogP contribution in [0.2, 0.25) is 10.0 Å². The number of hydrogen-bond donors (Lipinski definition) is 2. The Morgan fingerprint density at radius 2 is 2.00 bits per heavy atom. The van der Waals surface area contributed by atoms with Gasteiger partial charge in [-0.15, -0.1) is 0 Å². The topological polar surface area (TPSA) is 88.6 Å². The van der Waals surface area contributed by atoms with Crippen LogP contribution in [-0.4, -0.2) is 72.4 Å². The van der Waals surface area contributed by atoms with Gasteiger partial charge in [0.25, 0.3) is 5.91 Å². The fourth-order valence-electron chi connectivity index (χ4n) is 4.50. The van der Waals surface area contributed by atoms with Crippen LogP contribution >= 0.6 is 23.2 Å². The van der Waals surface area contributed by atoms with Gasteiger partial charge in [-0.05, 0) is 44.4 Å². The van der Waals surface area contributed by atoms with Crippen molar-refractivity contribution in [1.82, 2.24) is 20.2 Å². The standard InChI is InChI=1S/C24H30Cl2FN5O3/c1-14-22(30-21(12-27)31-23(14)29-16-3-4-17(25)18(26)11-16)24(33)32-8-5-15(6-9-32)28-19-7-10-35-13-20(19)34-2/h3-4,11,15,19-20,28H,5-10,12-13H2,1-2H3,(H,29,30,31)/t19-,20+/m1/s1. The molecule has 2 N–H and O–H groups in total. The monoisotopic (exact) mass is 525 g/mol. The molecule has 1 aromatic heterocycles.